The fourth-order valence-electron chi connectivity index (χ4n) is 1.96. The number of nitrogens with zero attached hydrogens (tertiary/aromatic N) is 1. The predicted octanol–water partition coefficient (Wildman–Crippen LogP) is 2.79. The highest BCUT2D eigenvalue weighted by molar-refractivity contribution is 5.40. The minimum Gasteiger partial charge on any atom is -0.399 e. The van der Waals surface area contributed by atoms with Gasteiger partial charge in [0.05, 0.1) is 0 Å². The highest BCUT2D eigenvalue weighted by atomic mass is 15.1. The van der Waals surface area contributed by atoms with E-state index in [2.05, 4.69) is 44.9 Å². The Balaban J connectivity index is 2.40. The van der Waals surface area contributed by atoms with E-state index in [4.69, 9.17) is 5.73 Å². The first-order valence-electron chi connectivity index (χ1n) is 5.90. The van der Waals surface area contributed by atoms with Crippen molar-refractivity contribution < 1.29 is 0 Å². The van der Waals surface area contributed by atoms with Gasteiger partial charge in [0.2, 0.25) is 0 Å². The first kappa shape index (κ1) is 13.0. The van der Waals surface area contributed by atoms with E-state index in [9.17, 15) is 0 Å². The summed E-state index contributed by atoms with van der Waals surface area (Å²) in [4.78, 5) is 2.38. The Morgan fingerprint density at radius 2 is 1.94 bits per heavy atom. The lowest BCUT2D eigenvalue weighted by Crippen LogP contribution is -2.30. The van der Waals surface area contributed by atoms with Crippen LogP contribution < -0.4 is 5.73 Å². The molecule has 0 amide bonds. The van der Waals surface area contributed by atoms with E-state index >= 15 is 0 Å². The van der Waals surface area contributed by atoms with E-state index in [1.165, 1.54) is 5.56 Å². The van der Waals surface area contributed by atoms with Crippen LogP contribution in [0.2, 0.25) is 0 Å². The monoisotopic (exact) mass is 220 g/mol. The Hall–Kier alpha value is -1.02. The topological polar surface area (TPSA) is 29.3 Å². The van der Waals surface area contributed by atoms with E-state index in [1.807, 2.05) is 12.1 Å². The van der Waals surface area contributed by atoms with Crippen molar-refractivity contribution in [3.63, 3.8) is 0 Å². The third-order valence-electron chi connectivity index (χ3n) is 2.48. The second kappa shape index (κ2) is 5.35. The molecule has 0 saturated heterocycles. The van der Waals surface area contributed by atoms with Gasteiger partial charge in [-0.3, -0.25) is 0 Å². The predicted molar refractivity (Wildman–Crippen MR) is 71.5 cm³/mol. The second-order valence-electron chi connectivity index (χ2n) is 5.79. The van der Waals surface area contributed by atoms with Crippen LogP contribution in [0.4, 0.5) is 5.69 Å². The fourth-order valence-corrected chi connectivity index (χ4v) is 1.96. The molecular weight excluding hydrogens is 196 g/mol. The van der Waals surface area contributed by atoms with E-state index in [0.29, 0.717) is 5.41 Å². The molecule has 0 aliphatic carbocycles. The molecule has 0 unspecified atom stereocenters. The summed E-state index contributed by atoms with van der Waals surface area (Å²) in [6, 6.07) is 8.16. The Morgan fingerprint density at radius 1 is 1.25 bits per heavy atom. The molecule has 16 heavy (non-hydrogen) atoms. The molecule has 0 atom stereocenters. The second-order valence-corrected chi connectivity index (χ2v) is 5.79. The van der Waals surface area contributed by atoms with Gasteiger partial charge in [0.1, 0.15) is 0 Å². The number of nitrogens with two attached hydrogens (primary N) is 1. The van der Waals surface area contributed by atoms with Crippen LogP contribution in [0.15, 0.2) is 24.3 Å². The summed E-state index contributed by atoms with van der Waals surface area (Å²) < 4.78 is 0. The molecule has 0 spiro atoms. The molecule has 0 saturated carbocycles. The molecule has 2 heteroatoms. The first-order valence-corrected chi connectivity index (χ1v) is 5.90. The van der Waals surface area contributed by atoms with Crippen LogP contribution in [-0.2, 0) is 6.42 Å². The van der Waals surface area contributed by atoms with Crippen molar-refractivity contribution in [1.82, 2.24) is 4.90 Å². The molecule has 1 aromatic carbocycles. The minimum absolute atomic E-state index is 0.366. The molecule has 0 aliphatic heterocycles. The van der Waals surface area contributed by atoms with E-state index in [1.54, 1.807) is 0 Å². The third-order valence-corrected chi connectivity index (χ3v) is 2.48. The molecule has 90 valence electrons. The van der Waals surface area contributed by atoms with Crippen LogP contribution >= 0.6 is 0 Å². The van der Waals surface area contributed by atoms with Crippen LogP contribution in [0.25, 0.3) is 0 Å². The Morgan fingerprint density at radius 3 is 2.50 bits per heavy atom. The van der Waals surface area contributed by atoms with Crippen molar-refractivity contribution >= 4 is 5.69 Å². The first-order chi connectivity index (χ1) is 7.37. The normalized spacial score (nSPS) is 12.1. The molecule has 0 aliphatic rings. The maximum Gasteiger partial charge on any atom is 0.0316 e. The van der Waals surface area contributed by atoms with Gasteiger partial charge in [0, 0.05) is 18.8 Å². The van der Waals surface area contributed by atoms with Crippen LogP contribution in [0.3, 0.4) is 0 Å². The number of rotatable bonds is 4. The minimum atomic E-state index is 0.366. The molecular formula is C14H24N2. The zero-order chi connectivity index (χ0) is 12.2. The van der Waals surface area contributed by atoms with Crippen molar-refractivity contribution in [3.8, 4) is 0 Å². The van der Waals surface area contributed by atoms with Gasteiger partial charge in [-0.25, -0.2) is 0 Å². The van der Waals surface area contributed by atoms with Crippen LogP contribution in [0.5, 0.6) is 0 Å². The molecule has 0 heterocycles. The summed E-state index contributed by atoms with van der Waals surface area (Å²) in [7, 11) is 2.18. The van der Waals surface area contributed by atoms with Gasteiger partial charge in [0.25, 0.3) is 0 Å². The van der Waals surface area contributed by atoms with Gasteiger partial charge in [-0.1, -0.05) is 32.9 Å². The van der Waals surface area contributed by atoms with Crippen molar-refractivity contribution in [2.75, 3.05) is 25.9 Å². The summed E-state index contributed by atoms with van der Waals surface area (Å²) in [5.41, 5.74) is 8.30. The SMILES string of the molecule is CN(CCc1cccc(N)c1)CC(C)(C)C. The van der Waals surface area contributed by atoms with Crippen molar-refractivity contribution in [3.05, 3.63) is 29.8 Å². The average molecular weight is 220 g/mol. The lowest BCUT2D eigenvalue weighted by Gasteiger charge is -2.26. The van der Waals surface area contributed by atoms with Crippen LogP contribution in [0, 0.1) is 5.41 Å². The van der Waals surface area contributed by atoms with Gasteiger partial charge in [0.15, 0.2) is 0 Å². The van der Waals surface area contributed by atoms with Crippen LogP contribution in [0.1, 0.15) is 26.3 Å². The highest BCUT2D eigenvalue weighted by Gasteiger charge is 2.12. The number of anilines is 1. The standard InChI is InChI=1S/C14H24N2/c1-14(2,3)11-16(4)9-8-12-6-5-7-13(15)10-12/h5-7,10H,8-9,11,15H2,1-4H3. The van der Waals surface area contributed by atoms with E-state index < -0.39 is 0 Å². The molecule has 1 aromatic rings. The number of nitrogen functional groups attached to an aromatic ring is 1. The smallest absolute Gasteiger partial charge is 0.0316 e. The summed E-state index contributed by atoms with van der Waals surface area (Å²) in [5, 5.41) is 0. The highest BCUT2D eigenvalue weighted by Crippen LogP contribution is 2.14. The zero-order valence-electron chi connectivity index (χ0n) is 11.0. The largest absolute Gasteiger partial charge is 0.399 e. The Kier molecular flexibility index (Phi) is 4.36. The van der Waals surface area contributed by atoms with Crippen molar-refractivity contribution in [2.45, 2.75) is 27.2 Å². The maximum atomic E-state index is 5.75. The van der Waals surface area contributed by atoms with Gasteiger partial charge in [-0.2, -0.15) is 0 Å². The molecule has 0 radical (unpaired) electrons. The van der Waals surface area contributed by atoms with Crippen molar-refractivity contribution in [1.29, 1.82) is 0 Å². The van der Waals surface area contributed by atoms with Gasteiger partial charge < -0.3 is 10.6 Å². The summed E-state index contributed by atoms with van der Waals surface area (Å²) in [6.45, 7) is 9.01. The van der Waals surface area contributed by atoms with Gasteiger partial charge in [-0.15, -0.1) is 0 Å². The molecule has 1 rings (SSSR count). The number of hydrogen-bond acceptors (Lipinski definition) is 2. The summed E-state index contributed by atoms with van der Waals surface area (Å²) in [6.07, 6.45) is 1.07. The Labute approximate surface area is 99.5 Å². The van der Waals surface area contributed by atoms with Crippen LogP contribution in [-0.4, -0.2) is 25.0 Å². The quantitative estimate of drug-likeness (QED) is 0.791. The fraction of sp³-hybridized carbons (Fsp3) is 0.571. The lowest BCUT2D eigenvalue weighted by molar-refractivity contribution is 0.229. The zero-order valence-corrected chi connectivity index (χ0v) is 11.0. The number of hydrogen-bond donors (Lipinski definition) is 1. The third kappa shape index (κ3) is 5.17. The maximum absolute atomic E-state index is 5.75. The summed E-state index contributed by atoms with van der Waals surface area (Å²) >= 11 is 0. The van der Waals surface area contributed by atoms with Crippen molar-refractivity contribution in [2.24, 2.45) is 5.41 Å². The van der Waals surface area contributed by atoms with E-state index in [-0.39, 0.29) is 0 Å². The number of likely N-dealkylation sites (N-methyl/N-ethyl adjacent to an activating group) is 1. The Bertz CT molecular complexity index is 326. The molecule has 0 aromatic heterocycles. The molecule has 2 nitrogen and oxygen atoms in total. The van der Waals surface area contributed by atoms with Gasteiger partial charge in [-0.05, 0) is 36.6 Å². The molecule has 0 bridgehead atoms. The lowest BCUT2D eigenvalue weighted by atomic mass is 9.96. The molecule has 0 fully saturated rings. The molecule has 2 N–H and O–H groups in total. The summed E-state index contributed by atoms with van der Waals surface area (Å²) in [5.74, 6) is 0. The van der Waals surface area contributed by atoms with E-state index in [0.717, 1.165) is 25.2 Å². The van der Waals surface area contributed by atoms with Gasteiger partial charge >= 0.3 is 0 Å². The number of benzene rings is 1. The average Bonchev–Trinajstić information content (AvgIpc) is 2.12.